The number of thiazole rings is 1. The van der Waals surface area contributed by atoms with E-state index in [1.165, 1.54) is 51.8 Å². The van der Waals surface area contributed by atoms with Gasteiger partial charge in [0, 0.05) is 30.5 Å². The molecule has 0 bridgehead atoms. The number of oxime groups is 1. The van der Waals surface area contributed by atoms with Crippen molar-refractivity contribution in [1.29, 1.82) is 0 Å². The Balaban J connectivity index is 1.48. The number of carbonyl (C=O) groups excluding carboxylic acids is 3. The number of unbranched alkanes of at least 4 members (excludes halogenated alkanes) is 1. The topological polar surface area (TPSA) is 305 Å². The molecule has 4 rings (SSSR count). The predicted molar refractivity (Wildman–Crippen MR) is 170 cm³/mol. The molecule has 0 unspecified atom stereocenters. The maximum atomic E-state index is 13.5. The zero-order valence-electron chi connectivity index (χ0n) is 24.6. The van der Waals surface area contributed by atoms with Crippen LogP contribution in [-0.2, 0) is 35.4 Å². The minimum atomic E-state index is -5.61. The quantitative estimate of drug-likeness (QED) is 0.0268. The molecule has 47 heavy (non-hydrogen) atoms. The Morgan fingerprint density at radius 1 is 1.26 bits per heavy atom. The molecule has 0 aliphatic carbocycles. The molecule has 0 radical (unpaired) electrons. The molecule has 0 spiro atoms. The lowest BCUT2D eigenvalue weighted by Gasteiger charge is -2.50. The fourth-order valence-electron chi connectivity index (χ4n) is 4.52. The van der Waals surface area contributed by atoms with Gasteiger partial charge in [0.25, 0.3) is 22.8 Å². The van der Waals surface area contributed by atoms with Crippen LogP contribution in [0.5, 0.6) is 0 Å². The number of anilines is 1. The van der Waals surface area contributed by atoms with Crippen molar-refractivity contribution >= 4 is 78.6 Å². The molecule has 0 saturated carbocycles. The smallest absolute Gasteiger partial charge is 0.369 e. The van der Waals surface area contributed by atoms with Crippen LogP contribution in [0.3, 0.4) is 0 Å². The van der Waals surface area contributed by atoms with Gasteiger partial charge < -0.3 is 45.9 Å². The molecule has 25 heteroatoms. The van der Waals surface area contributed by atoms with Crippen molar-refractivity contribution in [2.24, 2.45) is 12.2 Å². The van der Waals surface area contributed by atoms with Crippen LogP contribution in [0.1, 0.15) is 25.0 Å². The second kappa shape index (κ2) is 14.7. The summed E-state index contributed by atoms with van der Waals surface area (Å²) in [5, 5.41) is 24.9. The Morgan fingerprint density at radius 2 is 1.96 bits per heavy atom. The Labute approximate surface area is 278 Å². The van der Waals surface area contributed by atoms with Gasteiger partial charge in [-0.05, 0) is 24.8 Å². The number of hydrogen-bond donors (Lipinski definition) is 8. The molecule has 2 aromatic rings. The average molecular weight is 756 g/mol. The monoisotopic (exact) mass is 755 g/mol. The van der Waals surface area contributed by atoms with Crippen LogP contribution in [-0.4, -0.2) is 115 Å². The number of thioether (sulfide) groups is 2. The van der Waals surface area contributed by atoms with E-state index >= 15 is 0 Å². The predicted octanol–water partition coefficient (Wildman–Crippen LogP) is -1.06. The number of nitrogens with zero attached hydrogens (tertiary/aromatic N) is 6. The third kappa shape index (κ3) is 7.90. The van der Waals surface area contributed by atoms with E-state index in [2.05, 4.69) is 31.1 Å². The van der Waals surface area contributed by atoms with Crippen LogP contribution in [0.25, 0.3) is 0 Å². The Kier molecular flexibility index (Phi) is 11.6. The highest BCUT2D eigenvalue weighted by Gasteiger charge is 2.58. The van der Waals surface area contributed by atoms with Crippen LogP contribution in [0.2, 0.25) is 0 Å². The molecule has 2 atom stereocenters. The number of fused-ring (bicyclic) bond motifs is 1. The lowest BCUT2D eigenvalue weighted by molar-refractivity contribution is -0.147. The zero-order valence-corrected chi connectivity index (χ0v) is 28.9. The Hall–Kier alpha value is -2.85. The van der Waals surface area contributed by atoms with Gasteiger partial charge in [0.05, 0.1) is 6.20 Å². The van der Waals surface area contributed by atoms with E-state index in [4.69, 9.17) is 10.6 Å². The van der Waals surface area contributed by atoms with Crippen LogP contribution in [0, 0.1) is 0 Å². The van der Waals surface area contributed by atoms with Gasteiger partial charge in [-0.2, -0.15) is 0 Å². The van der Waals surface area contributed by atoms with Crippen molar-refractivity contribution in [2.45, 2.75) is 40.8 Å². The second-order valence-electron chi connectivity index (χ2n) is 10.1. The summed E-state index contributed by atoms with van der Waals surface area (Å²) in [6.45, 7) is -0.125. The van der Waals surface area contributed by atoms with Crippen molar-refractivity contribution < 1.29 is 53.0 Å². The first-order valence-electron chi connectivity index (χ1n) is 13.4. The maximum Gasteiger partial charge on any atom is 0.369 e. The number of nitrogens with two attached hydrogens (primary N) is 1. The van der Waals surface area contributed by atoms with E-state index in [1.807, 2.05) is 0 Å². The van der Waals surface area contributed by atoms with E-state index < -0.39 is 55.8 Å². The molecule has 9 N–H and O–H groups in total. The van der Waals surface area contributed by atoms with Gasteiger partial charge in [0.2, 0.25) is 0 Å². The van der Waals surface area contributed by atoms with E-state index in [1.54, 1.807) is 7.05 Å². The number of aliphatic hydroxyl groups is 1. The molecule has 2 aliphatic heterocycles. The molecular weight excluding hydrogens is 724 g/mol. The van der Waals surface area contributed by atoms with Crippen LogP contribution < -0.4 is 16.4 Å². The van der Waals surface area contributed by atoms with E-state index in [0.29, 0.717) is 16.4 Å². The first-order chi connectivity index (χ1) is 22.0. The summed E-state index contributed by atoms with van der Waals surface area (Å²) in [4.78, 5) is 87.4. The van der Waals surface area contributed by atoms with Crippen molar-refractivity contribution in [3.63, 3.8) is 0 Å². The molecule has 4 heterocycles. The lowest BCUT2D eigenvalue weighted by atomic mass is 10.0. The summed E-state index contributed by atoms with van der Waals surface area (Å²) in [6, 6.07) is -1.03. The Bertz CT molecular complexity index is 1670. The van der Waals surface area contributed by atoms with E-state index in [-0.39, 0.29) is 47.4 Å². The number of aryl methyl sites for hydroxylation is 1. The minimum Gasteiger partial charge on any atom is -0.398 e. The number of nitrogens with one attached hydrogen (secondary N) is 2. The van der Waals surface area contributed by atoms with Crippen molar-refractivity contribution in [2.75, 3.05) is 30.9 Å². The summed E-state index contributed by atoms with van der Waals surface area (Å²) >= 11 is 3.73. The number of rotatable bonds is 15. The fourth-order valence-corrected chi connectivity index (χ4v) is 9.70. The summed E-state index contributed by atoms with van der Waals surface area (Å²) in [5.74, 6) is -1.40. The lowest BCUT2D eigenvalue weighted by Crippen LogP contribution is -2.71. The molecule has 20 nitrogen and oxygen atoms in total. The normalized spacial score (nSPS) is 18.9. The van der Waals surface area contributed by atoms with Crippen LogP contribution in [0.15, 0.2) is 33.0 Å². The highest BCUT2D eigenvalue weighted by atomic mass is 32.2. The molecule has 3 amide bonds. The summed E-state index contributed by atoms with van der Waals surface area (Å²) in [7, 11) is -8.29. The summed E-state index contributed by atoms with van der Waals surface area (Å²) in [5.41, 5.74) is 6.26. The van der Waals surface area contributed by atoms with Crippen molar-refractivity contribution in [3.05, 3.63) is 28.5 Å². The third-order valence-corrected chi connectivity index (χ3v) is 14.0. The van der Waals surface area contributed by atoms with Gasteiger partial charge >= 0.3 is 15.2 Å². The number of amides is 3. The summed E-state index contributed by atoms with van der Waals surface area (Å²) < 4.78 is 24.7. The number of hydrogen-bond acceptors (Lipinski definition) is 15. The van der Waals surface area contributed by atoms with Gasteiger partial charge in [-0.3, -0.25) is 28.4 Å². The molecule has 0 aromatic carbocycles. The molecule has 2 aliphatic rings. The first-order valence-corrected chi connectivity index (χ1v) is 19.5. The van der Waals surface area contributed by atoms with Gasteiger partial charge in [-0.25, -0.2) is 9.67 Å². The van der Waals surface area contributed by atoms with Gasteiger partial charge in [-0.1, -0.05) is 10.4 Å². The van der Waals surface area contributed by atoms with Crippen LogP contribution in [0.4, 0.5) is 5.13 Å². The fraction of sp³-hybridized carbons (Fsp3) is 0.500. The first kappa shape index (κ1) is 37.0. The van der Waals surface area contributed by atoms with Crippen molar-refractivity contribution in [1.82, 2.24) is 35.5 Å². The highest BCUT2D eigenvalue weighted by molar-refractivity contribution is 8.01. The van der Waals surface area contributed by atoms with Gasteiger partial charge in [-0.15, -0.1) is 40.0 Å². The van der Waals surface area contributed by atoms with Gasteiger partial charge in [0.1, 0.15) is 34.9 Å². The number of aromatic nitrogens is 4. The molecular formula is C22H31N9O11P2S3. The molecule has 1 fully saturated rings. The molecule has 2 aromatic heterocycles. The molecule has 1 saturated heterocycles. The summed E-state index contributed by atoms with van der Waals surface area (Å²) in [6.07, 6.45) is 0.302. The third-order valence-electron chi connectivity index (χ3n) is 6.94. The number of carbonyl (C=O) groups is 3. The van der Waals surface area contributed by atoms with E-state index in [9.17, 15) is 48.2 Å². The largest absolute Gasteiger partial charge is 0.398 e. The highest BCUT2D eigenvalue weighted by Crippen LogP contribution is 2.69. The molecule has 258 valence electrons. The minimum absolute atomic E-state index is 0.0281. The van der Waals surface area contributed by atoms with Crippen molar-refractivity contribution in [3.8, 4) is 0 Å². The van der Waals surface area contributed by atoms with Crippen LogP contribution >= 0.6 is 50.1 Å². The average Bonchev–Trinajstić information content (AvgIpc) is 3.62. The standard InChI is InChI=1S/C22H31N9O11P2S3/c1-30-13(7-25-29-30)45-8-11-9-46-20-15(27-17(32)14(28-42-2)12-10-47-21(23)26-12)19(34)31(20)16(11)18(33)24-6-4-3-5-22(35,43(36,37)38)44(39,40)41/h7,10,15,20,35H,3-6,8-9H2,1-2H3,(H2,23,26)(H,24,33)(H,27,32)(H2,36,37,38)(H2,39,40,41)/b28-14-/t15-,20+/m1/s1. The van der Waals surface area contributed by atoms with Gasteiger partial charge in [0.15, 0.2) is 10.8 Å². The second-order valence-corrected chi connectivity index (χ2v) is 17.1. The number of nitrogen functional groups attached to an aromatic ring is 1. The SMILES string of the molecule is CO/N=C(\C(=O)N[C@@H]1C(=O)N2C(C(=O)NCCCCC(O)(P(=O)(O)O)P(=O)(O)O)=C(CSc3cnnn3C)CS[C@@H]12)c1csc(N)n1. The maximum absolute atomic E-state index is 13.5. The van der Waals surface area contributed by atoms with E-state index in [0.717, 1.165) is 11.3 Å². The Morgan fingerprint density at radius 3 is 2.53 bits per heavy atom. The number of β-lactam (4-membered cyclic amide) rings is 1. The zero-order chi connectivity index (χ0) is 34.7.